The van der Waals surface area contributed by atoms with Gasteiger partial charge in [0.05, 0.1) is 0 Å². The molecule has 2 atom stereocenters. The highest BCUT2D eigenvalue weighted by atomic mass is 16.1. The molecule has 0 aromatic heterocycles. The molecule has 0 fully saturated rings. The van der Waals surface area contributed by atoms with E-state index in [4.69, 9.17) is 0 Å². The van der Waals surface area contributed by atoms with Gasteiger partial charge in [-0.1, -0.05) is 59.8 Å². The standard InChI is InChI=1S/C14H28O/c1-5-7-9-11-13(4)14(15)12(3)10-8-6-2/h12-13H,5-11H2,1-4H3. The summed E-state index contributed by atoms with van der Waals surface area (Å²) in [6.07, 6.45) is 8.27. The van der Waals surface area contributed by atoms with Crippen molar-refractivity contribution < 1.29 is 4.79 Å². The quantitative estimate of drug-likeness (QED) is 0.511. The Labute approximate surface area is 95.6 Å². The maximum atomic E-state index is 11.9. The van der Waals surface area contributed by atoms with Crippen LogP contribution in [0.2, 0.25) is 0 Å². The minimum absolute atomic E-state index is 0.279. The topological polar surface area (TPSA) is 17.1 Å². The van der Waals surface area contributed by atoms with Gasteiger partial charge in [0.25, 0.3) is 0 Å². The number of carbonyl (C=O) groups excluding carboxylic acids is 1. The molecule has 15 heavy (non-hydrogen) atoms. The first-order chi connectivity index (χ1) is 7.13. The molecule has 0 bridgehead atoms. The molecule has 0 N–H and O–H groups in total. The summed E-state index contributed by atoms with van der Waals surface area (Å²) in [4.78, 5) is 11.9. The maximum absolute atomic E-state index is 11.9. The summed E-state index contributed by atoms with van der Waals surface area (Å²) in [7, 11) is 0. The molecule has 0 rings (SSSR count). The van der Waals surface area contributed by atoms with E-state index in [9.17, 15) is 4.79 Å². The molecule has 2 unspecified atom stereocenters. The lowest BCUT2D eigenvalue weighted by Crippen LogP contribution is -2.19. The summed E-state index contributed by atoms with van der Waals surface area (Å²) in [6.45, 7) is 8.58. The average Bonchev–Trinajstić information content (AvgIpc) is 2.24. The van der Waals surface area contributed by atoms with Gasteiger partial charge >= 0.3 is 0 Å². The molecule has 0 aromatic carbocycles. The minimum Gasteiger partial charge on any atom is -0.299 e. The fourth-order valence-electron chi connectivity index (χ4n) is 1.98. The van der Waals surface area contributed by atoms with Gasteiger partial charge < -0.3 is 0 Å². The van der Waals surface area contributed by atoms with E-state index >= 15 is 0 Å². The largest absolute Gasteiger partial charge is 0.299 e. The first kappa shape index (κ1) is 14.7. The lowest BCUT2D eigenvalue weighted by Gasteiger charge is -2.15. The van der Waals surface area contributed by atoms with Gasteiger partial charge in [-0.3, -0.25) is 4.79 Å². The number of ketones is 1. The molecule has 1 nitrogen and oxygen atoms in total. The molecule has 0 amide bonds. The highest BCUT2D eigenvalue weighted by Gasteiger charge is 2.18. The Morgan fingerprint density at radius 3 is 1.80 bits per heavy atom. The maximum Gasteiger partial charge on any atom is 0.138 e. The number of Topliss-reactive ketones (excluding diaryl/α,β-unsaturated/α-hetero) is 1. The van der Waals surface area contributed by atoms with Gasteiger partial charge in [-0.25, -0.2) is 0 Å². The molecule has 90 valence electrons. The first-order valence-corrected chi connectivity index (χ1v) is 6.67. The smallest absolute Gasteiger partial charge is 0.138 e. The molecule has 0 radical (unpaired) electrons. The number of hydrogen-bond donors (Lipinski definition) is 0. The molecule has 0 spiro atoms. The third-order valence-corrected chi connectivity index (χ3v) is 3.20. The van der Waals surface area contributed by atoms with Gasteiger partial charge in [0, 0.05) is 11.8 Å². The average molecular weight is 212 g/mol. The monoisotopic (exact) mass is 212 g/mol. The van der Waals surface area contributed by atoms with Crippen LogP contribution in [-0.4, -0.2) is 5.78 Å². The molecule has 0 aromatic rings. The van der Waals surface area contributed by atoms with Gasteiger partial charge in [-0.15, -0.1) is 0 Å². The zero-order valence-electron chi connectivity index (χ0n) is 11.0. The van der Waals surface area contributed by atoms with Crippen molar-refractivity contribution >= 4 is 5.78 Å². The van der Waals surface area contributed by atoms with Crippen LogP contribution in [0.3, 0.4) is 0 Å². The van der Waals surface area contributed by atoms with Crippen LogP contribution < -0.4 is 0 Å². The molecular weight excluding hydrogens is 184 g/mol. The van der Waals surface area contributed by atoms with Gasteiger partial charge in [-0.05, 0) is 12.8 Å². The van der Waals surface area contributed by atoms with E-state index in [1.807, 2.05) is 0 Å². The van der Waals surface area contributed by atoms with Crippen molar-refractivity contribution in [2.45, 2.75) is 72.6 Å². The van der Waals surface area contributed by atoms with Crippen molar-refractivity contribution in [3.05, 3.63) is 0 Å². The van der Waals surface area contributed by atoms with Gasteiger partial charge in [0.15, 0.2) is 0 Å². The van der Waals surface area contributed by atoms with Gasteiger partial charge in [0.1, 0.15) is 5.78 Å². The fourth-order valence-corrected chi connectivity index (χ4v) is 1.98. The van der Waals surface area contributed by atoms with Crippen molar-refractivity contribution in [2.75, 3.05) is 0 Å². The molecule has 0 aliphatic carbocycles. The number of carbonyl (C=O) groups is 1. The van der Waals surface area contributed by atoms with Crippen LogP contribution in [0.5, 0.6) is 0 Å². The Morgan fingerprint density at radius 2 is 1.33 bits per heavy atom. The summed E-state index contributed by atoms with van der Waals surface area (Å²) in [5.41, 5.74) is 0. The van der Waals surface area contributed by atoms with E-state index in [0.717, 1.165) is 12.8 Å². The molecule has 1 heteroatoms. The van der Waals surface area contributed by atoms with Crippen LogP contribution in [0.1, 0.15) is 72.6 Å². The number of rotatable bonds is 9. The first-order valence-electron chi connectivity index (χ1n) is 6.67. The summed E-state index contributed by atoms with van der Waals surface area (Å²) in [6, 6.07) is 0. The van der Waals surface area contributed by atoms with Gasteiger partial charge in [0.2, 0.25) is 0 Å². The van der Waals surface area contributed by atoms with Crippen molar-refractivity contribution in [3.8, 4) is 0 Å². The SMILES string of the molecule is CCCCCC(C)C(=O)C(C)CCCC. The Morgan fingerprint density at radius 1 is 0.867 bits per heavy atom. The van der Waals surface area contributed by atoms with Crippen LogP contribution in [0.25, 0.3) is 0 Å². The summed E-state index contributed by atoms with van der Waals surface area (Å²) in [5, 5.41) is 0. The number of unbranched alkanes of at least 4 members (excludes halogenated alkanes) is 3. The second kappa shape index (κ2) is 8.94. The van der Waals surface area contributed by atoms with Crippen molar-refractivity contribution in [1.29, 1.82) is 0 Å². The zero-order chi connectivity index (χ0) is 11.7. The predicted molar refractivity (Wildman–Crippen MR) is 67.0 cm³/mol. The molecule has 0 aliphatic heterocycles. The fraction of sp³-hybridized carbons (Fsp3) is 0.929. The van der Waals surface area contributed by atoms with E-state index in [-0.39, 0.29) is 11.8 Å². The Kier molecular flexibility index (Phi) is 8.74. The van der Waals surface area contributed by atoms with Crippen LogP contribution in [0.15, 0.2) is 0 Å². The van der Waals surface area contributed by atoms with Gasteiger partial charge in [-0.2, -0.15) is 0 Å². The number of hydrogen-bond acceptors (Lipinski definition) is 1. The Bertz CT molecular complexity index is 163. The van der Waals surface area contributed by atoms with E-state index in [2.05, 4.69) is 27.7 Å². The van der Waals surface area contributed by atoms with Crippen LogP contribution in [0, 0.1) is 11.8 Å². The van der Waals surface area contributed by atoms with Crippen molar-refractivity contribution in [1.82, 2.24) is 0 Å². The molecule has 0 saturated carbocycles. The van der Waals surface area contributed by atoms with E-state index in [0.29, 0.717) is 5.78 Å². The molecule has 0 aliphatic rings. The van der Waals surface area contributed by atoms with Crippen LogP contribution in [-0.2, 0) is 4.79 Å². The third-order valence-electron chi connectivity index (χ3n) is 3.20. The van der Waals surface area contributed by atoms with E-state index < -0.39 is 0 Å². The highest BCUT2D eigenvalue weighted by molar-refractivity contribution is 5.82. The second-order valence-electron chi connectivity index (χ2n) is 4.84. The lowest BCUT2D eigenvalue weighted by atomic mass is 9.88. The second-order valence-corrected chi connectivity index (χ2v) is 4.84. The zero-order valence-corrected chi connectivity index (χ0v) is 11.0. The summed E-state index contributed by atoms with van der Waals surface area (Å²) >= 11 is 0. The van der Waals surface area contributed by atoms with E-state index in [1.54, 1.807) is 0 Å². The highest BCUT2D eigenvalue weighted by Crippen LogP contribution is 2.18. The normalized spacial score (nSPS) is 14.9. The Hall–Kier alpha value is -0.330. The van der Waals surface area contributed by atoms with Crippen LogP contribution in [0.4, 0.5) is 0 Å². The minimum atomic E-state index is 0.279. The van der Waals surface area contributed by atoms with Crippen molar-refractivity contribution in [3.63, 3.8) is 0 Å². The third kappa shape index (κ3) is 6.70. The lowest BCUT2D eigenvalue weighted by molar-refractivity contribution is -0.126. The van der Waals surface area contributed by atoms with Crippen LogP contribution >= 0.6 is 0 Å². The molecule has 0 saturated heterocycles. The predicted octanol–water partition coefficient (Wildman–Crippen LogP) is 4.60. The summed E-state index contributed by atoms with van der Waals surface area (Å²) in [5.74, 6) is 1.05. The summed E-state index contributed by atoms with van der Waals surface area (Å²) < 4.78 is 0. The molecular formula is C14H28O. The van der Waals surface area contributed by atoms with E-state index in [1.165, 1.54) is 32.1 Å². The Balaban J connectivity index is 3.75. The van der Waals surface area contributed by atoms with Crippen molar-refractivity contribution in [2.24, 2.45) is 11.8 Å². The molecule has 0 heterocycles.